The van der Waals surface area contributed by atoms with Gasteiger partial charge >= 0.3 is 12.2 Å². The molecule has 14 heteroatoms. The first kappa shape index (κ1) is 24.5. The van der Waals surface area contributed by atoms with E-state index in [9.17, 15) is 19.8 Å². The van der Waals surface area contributed by atoms with Gasteiger partial charge in [0.25, 0.3) is 0 Å². The van der Waals surface area contributed by atoms with Crippen LogP contribution in [0.25, 0.3) is 17.0 Å². The van der Waals surface area contributed by atoms with E-state index in [1.807, 2.05) is 12.1 Å². The van der Waals surface area contributed by atoms with Crippen molar-refractivity contribution in [3.8, 4) is 11.4 Å². The third-order valence-corrected chi connectivity index (χ3v) is 6.82. The molecule has 0 spiro atoms. The van der Waals surface area contributed by atoms with Crippen molar-refractivity contribution in [2.75, 3.05) is 54.5 Å². The number of ether oxygens (including phenoxy) is 1. The van der Waals surface area contributed by atoms with Crippen molar-refractivity contribution >= 4 is 40.8 Å². The topological polar surface area (TPSA) is 162 Å². The van der Waals surface area contributed by atoms with Crippen LogP contribution in [0.2, 0.25) is 0 Å². The van der Waals surface area contributed by atoms with E-state index < -0.39 is 12.2 Å². The molecule has 0 bridgehead atoms. The van der Waals surface area contributed by atoms with Gasteiger partial charge in [0.05, 0.1) is 31.6 Å². The van der Waals surface area contributed by atoms with Crippen LogP contribution < -0.4 is 15.1 Å². The SMILES string of the molecule is O=C(O)N(C(=O)O)c1cncc(-c2cn3ccnc3c(Nc3ccc(N4CCN(C5COC5)CC4)cc3)n2)n1. The van der Waals surface area contributed by atoms with Crippen molar-refractivity contribution in [1.29, 1.82) is 0 Å². The van der Waals surface area contributed by atoms with Gasteiger partial charge in [0, 0.05) is 56.1 Å². The molecule has 3 aromatic heterocycles. The highest BCUT2D eigenvalue weighted by molar-refractivity contribution is 6.06. The lowest BCUT2D eigenvalue weighted by Gasteiger charge is -2.43. The average molecular weight is 532 g/mol. The highest BCUT2D eigenvalue weighted by Gasteiger charge is 2.29. The number of imidazole rings is 1. The molecule has 200 valence electrons. The van der Waals surface area contributed by atoms with E-state index in [1.165, 1.54) is 6.20 Å². The minimum absolute atomic E-state index is 0.0918. The number of hydrogen-bond donors (Lipinski definition) is 3. The Morgan fingerprint density at radius 1 is 0.974 bits per heavy atom. The summed E-state index contributed by atoms with van der Waals surface area (Å²) in [5.41, 5.74) is 3.06. The highest BCUT2D eigenvalue weighted by Crippen LogP contribution is 2.27. The van der Waals surface area contributed by atoms with Crippen molar-refractivity contribution in [2.24, 2.45) is 0 Å². The standard InChI is InChI=1S/C25H25N9O5/c35-24(36)34(25(37)38)21-12-26-11-19(29-21)20-13-33-6-5-27-23(33)22(30-20)28-16-1-3-17(4-2-16)31-7-9-32(10-8-31)18-14-39-15-18/h1-6,11-13,18H,7-10,14-15H2,(H,28,30)(H,35,36)(H,37,38). The Kier molecular flexibility index (Phi) is 6.38. The van der Waals surface area contributed by atoms with Gasteiger partial charge in [-0.15, -0.1) is 0 Å². The average Bonchev–Trinajstić information content (AvgIpc) is 3.38. The lowest BCUT2D eigenvalue weighted by Crippen LogP contribution is -2.56. The van der Waals surface area contributed by atoms with E-state index in [1.54, 1.807) is 23.0 Å². The Labute approximate surface area is 222 Å². The molecule has 2 fully saturated rings. The molecule has 6 rings (SSSR count). The first-order valence-corrected chi connectivity index (χ1v) is 12.3. The number of amides is 2. The molecule has 2 saturated heterocycles. The molecule has 0 radical (unpaired) electrons. The van der Waals surface area contributed by atoms with Gasteiger partial charge in [0.1, 0.15) is 11.4 Å². The van der Waals surface area contributed by atoms with Crippen molar-refractivity contribution in [1.82, 2.24) is 29.2 Å². The molecular weight excluding hydrogens is 506 g/mol. The number of piperazine rings is 1. The second-order valence-corrected chi connectivity index (χ2v) is 9.18. The molecule has 1 aromatic carbocycles. The summed E-state index contributed by atoms with van der Waals surface area (Å²) < 4.78 is 7.07. The molecule has 2 aliphatic heterocycles. The third-order valence-electron chi connectivity index (χ3n) is 6.82. The molecule has 14 nitrogen and oxygen atoms in total. The summed E-state index contributed by atoms with van der Waals surface area (Å²) in [5, 5.41) is 21.8. The van der Waals surface area contributed by atoms with Crippen LogP contribution in [0.15, 0.2) is 55.2 Å². The number of carboxylic acid groups (broad SMARTS) is 2. The fourth-order valence-corrected chi connectivity index (χ4v) is 4.68. The minimum atomic E-state index is -1.69. The highest BCUT2D eigenvalue weighted by atomic mass is 16.5. The Balaban J connectivity index is 1.22. The largest absolute Gasteiger partial charge is 0.464 e. The van der Waals surface area contributed by atoms with E-state index >= 15 is 0 Å². The number of hydrogen-bond acceptors (Lipinski definition) is 10. The number of rotatable bonds is 6. The Bertz CT molecular complexity index is 1500. The molecule has 0 aliphatic carbocycles. The van der Waals surface area contributed by atoms with Gasteiger partial charge in [-0.3, -0.25) is 9.88 Å². The maximum absolute atomic E-state index is 11.4. The lowest BCUT2D eigenvalue weighted by atomic mass is 10.1. The summed E-state index contributed by atoms with van der Waals surface area (Å²) >= 11 is 0. The summed E-state index contributed by atoms with van der Waals surface area (Å²) in [7, 11) is 0. The zero-order valence-electron chi connectivity index (χ0n) is 20.7. The zero-order valence-corrected chi connectivity index (χ0v) is 20.7. The van der Waals surface area contributed by atoms with E-state index in [0.29, 0.717) is 23.2 Å². The molecule has 2 amide bonds. The monoisotopic (exact) mass is 531 g/mol. The Morgan fingerprint density at radius 2 is 1.72 bits per heavy atom. The number of anilines is 4. The van der Waals surface area contributed by atoms with Gasteiger partial charge in [0.15, 0.2) is 17.3 Å². The fourth-order valence-electron chi connectivity index (χ4n) is 4.68. The lowest BCUT2D eigenvalue weighted by molar-refractivity contribution is -0.0660. The zero-order chi connectivity index (χ0) is 26.9. The molecule has 2 aliphatic rings. The van der Waals surface area contributed by atoms with Crippen molar-refractivity contribution in [3.05, 3.63) is 55.2 Å². The van der Waals surface area contributed by atoms with Crippen molar-refractivity contribution in [2.45, 2.75) is 6.04 Å². The van der Waals surface area contributed by atoms with Gasteiger partial charge in [-0.25, -0.2) is 24.5 Å². The van der Waals surface area contributed by atoms with Crippen molar-refractivity contribution in [3.63, 3.8) is 0 Å². The normalized spacial score (nSPS) is 16.2. The van der Waals surface area contributed by atoms with E-state index in [0.717, 1.165) is 57.0 Å². The van der Waals surface area contributed by atoms with Crippen LogP contribution >= 0.6 is 0 Å². The molecule has 5 heterocycles. The number of imide groups is 1. The van der Waals surface area contributed by atoms with E-state index in [4.69, 9.17) is 4.74 Å². The molecule has 0 atom stereocenters. The van der Waals surface area contributed by atoms with E-state index in [2.05, 4.69) is 47.2 Å². The number of benzene rings is 1. The van der Waals surface area contributed by atoms with Crippen LogP contribution in [0.4, 0.5) is 32.6 Å². The molecule has 0 unspecified atom stereocenters. The maximum atomic E-state index is 11.4. The van der Waals surface area contributed by atoms with Gasteiger partial charge in [-0.05, 0) is 24.3 Å². The quantitative estimate of drug-likeness (QED) is 0.334. The van der Waals surface area contributed by atoms with Crippen LogP contribution in [-0.2, 0) is 4.74 Å². The molecular formula is C25H25N9O5. The van der Waals surface area contributed by atoms with E-state index in [-0.39, 0.29) is 16.4 Å². The van der Waals surface area contributed by atoms with Crippen LogP contribution in [0.3, 0.4) is 0 Å². The Hall–Kier alpha value is -4.82. The molecule has 3 N–H and O–H groups in total. The van der Waals surface area contributed by atoms with Gasteiger partial charge in [-0.1, -0.05) is 0 Å². The fraction of sp³-hybridized carbons (Fsp3) is 0.280. The smallest absolute Gasteiger partial charge is 0.422 e. The summed E-state index contributed by atoms with van der Waals surface area (Å²) in [6, 6.07) is 8.65. The van der Waals surface area contributed by atoms with Crippen LogP contribution in [0.1, 0.15) is 0 Å². The van der Waals surface area contributed by atoms with Gasteiger partial charge in [-0.2, -0.15) is 4.90 Å². The predicted molar refractivity (Wildman–Crippen MR) is 141 cm³/mol. The third kappa shape index (κ3) is 4.89. The summed E-state index contributed by atoms with van der Waals surface area (Å²) in [4.78, 5) is 44.9. The number of nitrogens with one attached hydrogen (secondary N) is 1. The minimum Gasteiger partial charge on any atom is -0.464 e. The molecule has 39 heavy (non-hydrogen) atoms. The second-order valence-electron chi connectivity index (χ2n) is 9.18. The van der Waals surface area contributed by atoms with Crippen LogP contribution in [0, 0.1) is 0 Å². The maximum Gasteiger partial charge on any atom is 0.422 e. The van der Waals surface area contributed by atoms with Crippen LogP contribution in [-0.4, -0.2) is 97.1 Å². The molecule has 4 aromatic rings. The number of fused-ring (bicyclic) bond motifs is 1. The second kappa shape index (κ2) is 10.2. The summed E-state index contributed by atoms with van der Waals surface area (Å²) in [6.45, 7) is 5.62. The van der Waals surface area contributed by atoms with Gasteiger partial charge < -0.3 is 29.6 Å². The Morgan fingerprint density at radius 3 is 2.38 bits per heavy atom. The summed E-state index contributed by atoms with van der Waals surface area (Å²) in [6.07, 6.45) is 4.09. The number of nitrogens with zero attached hydrogens (tertiary/aromatic N) is 8. The van der Waals surface area contributed by atoms with Gasteiger partial charge in [0.2, 0.25) is 0 Å². The first-order chi connectivity index (χ1) is 19.0. The predicted octanol–water partition coefficient (Wildman–Crippen LogP) is 2.61. The number of carbonyl (C=O) groups is 2. The summed E-state index contributed by atoms with van der Waals surface area (Å²) in [5.74, 6) is 0.0917. The van der Waals surface area contributed by atoms with Crippen molar-refractivity contribution < 1.29 is 24.5 Å². The molecule has 0 saturated carbocycles. The first-order valence-electron chi connectivity index (χ1n) is 12.3. The van der Waals surface area contributed by atoms with Crippen LogP contribution in [0.5, 0.6) is 0 Å². The number of aromatic nitrogens is 5.